The lowest BCUT2D eigenvalue weighted by atomic mass is 9.98. The van der Waals surface area contributed by atoms with Crippen LogP contribution in [-0.4, -0.2) is 76.1 Å². The van der Waals surface area contributed by atoms with Crippen LogP contribution in [-0.2, 0) is 0 Å². The van der Waals surface area contributed by atoms with Gasteiger partial charge in [0.15, 0.2) is 0 Å². The number of benzene rings is 1. The molecule has 0 amide bonds. The zero-order valence-corrected chi connectivity index (χ0v) is 19.8. The fraction of sp³-hybridized carbons (Fsp3) is 0.370. The topological polar surface area (TPSA) is 70.2 Å². The van der Waals surface area contributed by atoms with Crippen molar-refractivity contribution < 1.29 is 4.74 Å². The summed E-state index contributed by atoms with van der Waals surface area (Å²) < 4.78 is 6.37. The monoisotopic (exact) mass is 454 g/mol. The van der Waals surface area contributed by atoms with Crippen LogP contribution in [0.2, 0.25) is 0 Å². The van der Waals surface area contributed by atoms with Gasteiger partial charge in [-0.15, -0.1) is 0 Å². The molecule has 1 saturated heterocycles. The van der Waals surface area contributed by atoms with Gasteiger partial charge in [0, 0.05) is 49.5 Å². The highest BCUT2D eigenvalue weighted by Gasteiger charge is 2.20. The summed E-state index contributed by atoms with van der Waals surface area (Å²) in [4.78, 5) is 21.7. The second-order valence-corrected chi connectivity index (χ2v) is 9.60. The number of aromatic nitrogens is 4. The molecule has 0 bridgehead atoms. The lowest BCUT2D eigenvalue weighted by Crippen LogP contribution is -2.35. The van der Waals surface area contributed by atoms with E-state index in [0.717, 1.165) is 78.5 Å². The summed E-state index contributed by atoms with van der Waals surface area (Å²) in [6, 6.07) is 8.61. The van der Waals surface area contributed by atoms with Gasteiger partial charge in [-0.25, -0.2) is 15.0 Å². The van der Waals surface area contributed by atoms with Crippen LogP contribution in [0.15, 0.2) is 49.1 Å². The molecule has 0 unspecified atom stereocenters. The molecule has 6 rings (SSSR count). The number of aromatic amines is 1. The van der Waals surface area contributed by atoms with E-state index in [1.807, 2.05) is 12.4 Å². The first-order valence-corrected chi connectivity index (χ1v) is 12.1. The Hall–Kier alpha value is -3.29. The highest BCUT2D eigenvalue weighted by Crippen LogP contribution is 2.34. The van der Waals surface area contributed by atoms with Gasteiger partial charge in [0.1, 0.15) is 18.1 Å². The minimum atomic E-state index is 0.195. The Morgan fingerprint density at radius 1 is 0.941 bits per heavy atom. The average molecular weight is 455 g/mol. The molecule has 174 valence electrons. The maximum Gasteiger partial charge on any atom is 0.224 e. The normalized spacial score (nSPS) is 18.5. The van der Waals surface area contributed by atoms with E-state index in [1.54, 1.807) is 6.33 Å². The zero-order valence-electron chi connectivity index (χ0n) is 19.8. The Balaban J connectivity index is 1.37. The van der Waals surface area contributed by atoms with E-state index in [4.69, 9.17) is 9.72 Å². The Labute approximate surface area is 199 Å². The van der Waals surface area contributed by atoms with E-state index in [9.17, 15) is 0 Å². The number of hydrogen-bond donors (Lipinski definition) is 1. The second kappa shape index (κ2) is 8.81. The van der Waals surface area contributed by atoms with Crippen LogP contribution in [0, 0.1) is 0 Å². The number of likely N-dealkylation sites (N-methyl/N-ethyl adjacent to an activating group) is 1. The Kier molecular flexibility index (Phi) is 5.51. The third kappa shape index (κ3) is 4.06. The molecule has 0 spiro atoms. The molecule has 0 aliphatic carbocycles. The van der Waals surface area contributed by atoms with Crippen molar-refractivity contribution in [3.63, 3.8) is 0 Å². The van der Waals surface area contributed by atoms with E-state index in [2.05, 4.69) is 69.2 Å². The number of nitrogens with zero attached hydrogens (tertiary/aromatic N) is 5. The van der Waals surface area contributed by atoms with Crippen molar-refractivity contribution in [1.29, 1.82) is 0 Å². The van der Waals surface area contributed by atoms with Gasteiger partial charge in [-0.1, -0.05) is 12.1 Å². The molecule has 4 aromatic rings. The van der Waals surface area contributed by atoms with E-state index in [0.29, 0.717) is 5.88 Å². The van der Waals surface area contributed by atoms with Gasteiger partial charge >= 0.3 is 0 Å². The average Bonchev–Trinajstić information content (AvgIpc) is 3.29. The highest BCUT2D eigenvalue weighted by atomic mass is 16.5. The lowest BCUT2D eigenvalue weighted by molar-refractivity contribution is 0.111. The van der Waals surface area contributed by atoms with E-state index >= 15 is 0 Å². The van der Waals surface area contributed by atoms with Crippen molar-refractivity contribution in [1.82, 2.24) is 29.7 Å². The first-order chi connectivity index (χ1) is 16.6. The summed E-state index contributed by atoms with van der Waals surface area (Å²) in [6.07, 6.45) is 11.2. The third-order valence-corrected chi connectivity index (χ3v) is 7.17. The van der Waals surface area contributed by atoms with E-state index in [-0.39, 0.29) is 6.10 Å². The summed E-state index contributed by atoms with van der Waals surface area (Å²) in [5.41, 5.74) is 6.63. The summed E-state index contributed by atoms with van der Waals surface area (Å²) in [6.45, 7) is 4.17. The van der Waals surface area contributed by atoms with Crippen LogP contribution in [0.4, 0.5) is 0 Å². The first kappa shape index (κ1) is 21.3. The molecule has 7 heteroatoms. The van der Waals surface area contributed by atoms with Crippen molar-refractivity contribution in [2.75, 3.05) is 40.3 Å². The molecule has 34 heavy (non-hydrogen) atoms. The quantitative estimate of drug-likeness (QED) is 0.494. The molecule has 7 nitrogen and oxygen atoms in total. The molecular formula is C27H30N6O. The lowest BCUT2D eigenvalue weighted by Gasteiger charge is -2.29. The standard InChI is InChI=1S/C27H30N6O/c1-32-9-5-18(6-10-32)20-14-22-24(16-29-26(22)28-15-20)19-3-4-25-23(13-19)27(31-17-30-25)34-21-7-11-33(2)12-8-21/h3-5,13-17,21H,6-12H2,1-2H3,(H,28,29). The predicted octanol–water partition coefficient (Wildman–Crippen LogP) is 4.37. The Morgan fingerprint density at radius 2 is 1.79 bits per heavy atom. The summed E-state index contributed by atoms with van der Waals surface area (Å²) in [7, 11) is 4.32. The molecule has 0 radical (unpaired) electrons. The minimum Gasteiger partial charge on any atom is -0.474 e. The molecule has 1 N–H and O–H groups in total. The van der Waals surface area contributed by atoms with E-state index in [1.165, 1.54) is 11.1 Å². The molecule has 2 aliphatic rings. The van der Waals surface area contributed by atoms with Crippen LogP contribution in [0.1, 0.15) is 24.8 Å². The van der Waals surface area contributed by atoms with Crippen LogP contribution < -0.4 is 4.74 Å². The van der Waals surface area contributed by atoms with Crippen molar-refractivity contribution in [3.05, 3.63) is 54.6 Å². The van der Waals surface area contributed by atoms with Gasteiger partial charge < -0.3 is 19.5 Å². The highest BCUT2D eigenvalue weighted by molar-refractivity contribution is 5.98. The predicted molar refractivity (Wildman–Crippen MR) is 136 cm³/mol. The number of ether oxygens (including phenoxy) is 1. The summed E-state index contributed by atoms with van der Waals surface area (Å²) in [5, 5.41) is 2.08. The van der Waals surface area contributed by atoms with Crippen LogP contribution in [0.5, 0.6) is 5.88 Å². The molecule has 3 aromatic heterocycles. The molecule has 5 heterocycles. The van der Waals surface area contributed by atoms with Crippen molar-refractivity contribution >= 4 is 27.5 Å². The number of hydrogen-bond acceptors (Lipinski definition) is 6. The number of fused-ring (bicyclic) bond motifs is 2. The summed E-state index contributed by atoms with van der Waals surface area (Å²) in [5.74, 6) is 0.677. The maximum atomic E-state index is 6.37. The van der Waals surface area contributed by atoms with Crippen LogP contribution in [0.3, 0.4) is 0 Å². The number of piperidine rings is 1. The van der Waals surface area contributed by atoms with Crippen LogP contribution in [0.25, 0.3) is 38.6 Å². The fourth-order valence-corrected chi connectivity index (χ4v) is 5.01. The number of nitrogens with one attached hydrogen (secondary N) is 1. The first-order valence-electron chi connectivity index (χ1n) is 12.1. The SMILES string of the molecule is CN1CC=C(c2cnc3[nH]cc(-c4ccc5ncnc(OC6CCN(C)CC6)c5c4)c3c2)CC1. The third-order valence-electron chi connectivity index (χ3n) is 7.17. The number of pyridine rings is 1. The number of rotatable bonds is 4. The minimum absolute atomic E-state index is 0.195. The van der Waals surface area contributed by atoms with Crippen molar-refractivity contribution in [2.45, 2.75) is 25.4 Å². The van der Waals surface area contributed by atoms with Gasteiger partial charge in [-0.3, -0.25) is 0 Å². The van der Waals surface area contributed by atoms with Crippen molar-refractivity contribution in [2.24, 2.45) is 0 Å². The zero-order chi connectivity index (χ0) is 23.1. The molecule has 2 aliphatic heterocycles. The van der Waals surface area contributed by atoms with Gasteiger partial charge in [0.2, 0.25) is 5.88 Å². The molecule has 0 saturated carbocycles. The summed E-state index contributed by atoms with van der Waals surface area (Å²) >= 11 is 0. The Bertz CT molecular complexity index is 1370. The van der Waals surface area contributed by atoms with Gasteiger partial charge in [0.05, 0.1) is 10.9 Å². The van der Waals surface area contributed by atoms with Crippen molar-refractivity contribution in [3.8, 4) is 17.0 Å². The van der Waals surface area contributed by atoms with Gasteiger partial charge in [-0.2, -0.15) is 0 Å². The number of H-pyrrole nitrogens is 1. The molecule has 0 atom stereocenters. The molecular weight excluding hydrogens is 424 g/mol. The number of likely N-dealkylation sites (tertiary alicyclic amines) is 1. The van der Waals surface area contributed by atoms with Gasteiger partial charge in [-0.05, 0) is 68.3 Å². The van der Waals surface area contributed by atoms with E-state index < -0.39 is 0 Å². The van der Waals surface area contributed by atoms with Crippen LogP contribution >= 0.6 is 0 Å². The molecule has 1 fully saturated rings. The smallest absolute Gasteiger partial charge is 0.224 e. The maximum absolute atomic E-state index is 6.37. The second-order valence-electron chi connectivity index (χ2n) is 9.60. The largest absolute Gasteiger partial charge is 0.474 e. The Morgan fingerprint density at radius 3 is 2.62 bits per heavy atom. The fourth-order valence-electron chi connectivity index (χ4n) is 5.01. The molecule has 1 aromatic carbocycles. The van der Waals surface area contributed by atoms with Gasteiger partial charge in [0.25, 0.3) is 0 Å².